The molecule has 0 heterocycles. The van der Waals surface area contributed by atoms with Crippen LogP contribution >= 0.6 is 11.8 Å². The topological polar surface area (TPSA) is 86.3 Å². The van der Waals surface area contributed by atoms with Gasteiger partial charge in [-0.2, -0.15) is 26.3 Å². The number of thioether (sulfide) groups is 1. The molecule has 0 amide bonds. The van der Waals surface area contributed by atoms with Gasteiger partial charge in [-0.1, -0.05) is 12.2 Å². The lowest BCUT2D eigenvalue weighted by Gasteiger charge is -2.42. The van der Waals surface area contributed by atoms with E-state index in [2.05, 4.69) is 0 Å². The van der Waals surface area contributed by atoms with Crippen molar-refractivity contribution in [3.8, 4) is 0 Å². The molecule has 2 unspecified atom stereocenters. The van der Waals surface area contributed by atoms with Crippen molar-refractivity contribution in [3.63, 3.8) is 0 Å². The number of allylic oxidation sites excluding steroid dienone is 4. The summed E-state index contributed by atoms with van der Waals surface area (Å²) in [7, 11) is 0. The fourth-order valence-corrected chi connectivity index (χ4v) is 3.99. The van der Waals surface area contributed by atoms with E-state index < -0.39 is 67.7 Å². The average molecular weight is 416 g/mol. The first-order chi connectivity index (χ1) is 12.2. The summed E-state index contributed by atoms with van der Waals surface area (Å²) in [6.45, 7) is 0. The molecule has 0 spiro atoms. The number of hydrogen-bond donors (Lipinski definition) is 0. The van der Waals surface area contributed by atoms with Gasteiger partial charge in [-0.05, 0) is 25.0 Å². The van der Waals surface area contributed by atoms with Crippen LogP contribution in [0.15, 0.2) is 47.9 Å². The molecule has 0 aliphatic heterocycles. The molecule has 0 radical (unpaired) electrons. The predicted molar refractivity (Wildman–Crippen MR) is 82.8 cm³/mol. The van der Waals surface area contributed by atoms with Crippen molar-refractivity contribution in [2.24, 2.45) is 0 Å². The molecule has 0 aromatic heterocycles. The Bertz CT molecular complexity index is 721. The lowest BCUT2D eigenvalue weighted by molar-refractivity contribution is -0.419. The number of halogens is 6. The van der Waals surface area contributed by atoms with Gasteiger partial charge in [0.05, 0.1) is 9.85 Å². The Morgan fingerprint density at radius 1 is 0.815 bits per heavy atom. The van der Waals surface area contributed by atoms with Crippen LogP contribution in [0.25, 0.3) is 0 Å². The van der Waals surface area contributed by atoms with Crippen molar-refractivity contribution >= 4 is 11.8 Å². The molecular formula is C14H10F6N2O4S. The Kier molecular flexibility index (Phi) is 5.20. The van der Waals surface area contributed by atoms with E-state index in [-0.39, 0.29) is 0 Å². The maximum Gasteiger partial charge on any atom is 0.407 e. The molecular weight excluding hydrogens is 406 g/mol. The van der Waals surface area contributed by atoms with Gasteiger partial charge in [0.25, 0.3) is 11.4 Å². The van der Waals surface area contributed by atoms with Crippen LogP contribution in [-0.2, 0) is 0 Å². The van der Waals surface area contributed by atoms with E-state index >= 15 is 0 Å². The first kappa shape index (κ1) is 21.0. The molecule has 2 rings (SSSR count). The second-order valence-corrected chi connectivity index (χ2v) is 7.38. The summed E-state index contributed by atoms with van der Waals surface area (Å²) in [5.41, 5.74) is -1.32. The first-order valence-corrected chi connectivity index (χ1v) is 7.96. The minimum Gasteiger partial charge on any atom is -0.258 e. The third-order valence-corrected chi connectivity index (χ3v) is 5.82. The lowest BCUT2D eigenvalue weighted by Crippen LogP contribution is -2.50. The zero-order chi connectivity index (χ0) is 20.7. The molecule has 0 bridgehead atoms. The van der Waals surface area contributed by atoms with Crippen molar-refractivity contribution < 1.29 is 36.2 Å². The van der Waals surface area contributed by atoms with Crippen LogP contribution < -0.4 is 0 Å². The third kappa shape index (κ3) is 3.87. The molecule has 6 nitrogen and oxygen atoms in total. The highest BCUT2D eigenvalue weighted by atomic mass is 32.2. The minimum atomic E-state index is -5.16. The Balaban J connectivity index is 2.47. The fourth-order valence-electron chi connectivity index (χ4n) is 2.51. The highest BCUT2D eigenvalue weighted by Crippen LogP contribution is 2.58. The molecule has 2 aliphatic carbocycles. The van der Waals surface area contributed by atoms with Crippen LogP contribution in [0.2, 0.25) is 0 Å². The Labute approximate surface area is 151 Å². The van der Waals surface area contributed by atoms with E-state index in [1.54, 1.807) is 0 Å². The standard InChI is InChI=1S/C14H10F6N2O4S/c15-13(16,17)11(5-1-9(2-6-11)21(23)24)27-12(14(18,19)20)7-3-10(4-8-12)22(25)26/h1-5,7H,6,8H2. The summed E-state index contributed by atoms with van der Waals surface area (Å²) >= 11 is -0.480. The molecule has 0 saturated carbocycles. The van der Waals surface area contributed by atoms with Gasteiger partial charge >= 0.3 is 12.4 Å². The number of nitro groups is 2. The van der Waals surface area contributed by atoms with Crippen LogP contribution in [0.5, 0.6) is 0 Å². The van der Waals surface area contributed by atoms with Gasteiger partial charge in [-0.15, -0.1) is 11.8 Å². The second kappa shape index (κ2) is 6.69. The van der Waals surface area contributed by atoms with Gasteiger partial charge < -0.3 is 0 Å². The number of rotatable bonds is 4. The summed E-state index contributed by atoms with van der Waals surface area (Å²) in [5, 5.41) is 21.3. The van der Waals surface area contributed by atoms with E-state index in [4.69, 9.17) is 0 Å². The van der Waals surface area contributed by atoms with Crippen LogP contribution in [0.4, 0.5) is 26.3 Å². The van der Waals surface area contributed by atoms with E-state index in [1.165, 1.54) is 0 Å². The monoisotopic (exact) mass is 416 g/mol. The van der Waals surface area contributed by atoms with Crippen LogP contribution in [0, 0.1) is 20.2 Å². The van der Waals surface area contributed by atoms with E-state index in [0.717, 1.165) is 0 Å². The number of nitrogens with zero attached hydrogens (tertiary/aromatic N) is 2. The molecule has 0 saturated heterocycles. The highest BCUT2D eigenvalue weighted by Gasteiger charge is 2.64. The lowest BCUT2D eigenvalue weighted by atomic mass is 9.96. The quantitative estimate of drug-likeness (QED) is 0.381. The maximum absolute atomic E-state index is 13.7. The summed E-state index contributed by atoms with van der Waals surface area (Å²) < 4.78 is 75.8. The summed E-state index contributed by atoms with van der Waals surface area (Å²) in [4.78, 5) is 19.4. The molecule has 0 N–H and O–H groups in total. The van der Waals surface area contributed by atoms with Crippen LogP contribution in [0.3, 0.4) is 0 Å². The van der Waals surface area contributed by atoms with Gasteiger partial charge in [0.15, 0.2) is 0 Å². The van der Waals surface area contributed by atoms with Crippen molar-refractivity contribution in [2.45, 2.75) is 34.7 Å². The zero-order valence-corrected chi connectivity index (χ0v) is 13.9. The third-order valence-electron chi connectivity index (χ3n) is 4.02. The fraction of sp³-hybridized carbons (Fsp3) is 0.429. The molecule has 2 atom stereocenters. The largest absolute Gasteiger partial charge is 0.407 e. The summed E-state index contributed by atoms with van der Waals surface area (Å²) in [5.74, 6) is 0. The van der Waals surface area contributed by atoms with E-state index in [0.29, 0.717) is 36.5 Å². The van der Waals surface area contributed by atoms with Gasteiger partial charge in [0, 0.05) is 12.2 Å². The zero-order valence-electron chi connectivity index (χ0n) is 13.1. The summed E-state index contributed by atoms with van der Waals surface area (Å²) in [6, 6.07) is 0. The molecule has 0 fully saturated rings. The molecule has 0 aromatic rings. The van der Waals surface area contributed by atoms with Gasteiger partial charge in [0.1, 0.15) is 9.49 Å². The second-order valence-electron chi connectivity index (χ2n) is 5.72. The van der Waals surface area contributed by atoms with Gasteiger partial charge in [0.2, 0.25) is 0 Å². The Hall–Kier alpha value is -2.31. The maximum atomic E-state index is 13.7. The normalized spacial score (nSPS) is 28.5. The van der Waals surface area contributed by atoms with E-state index in [9.17, 15) is 46.6 Å². The summed E-state index contributed by atoms with van der Waals surface area (Å²) in [6.07, 6.45) is -9.56. The SMILES string of the molecule is O=[N+]([O-])C1=CCC(SC2(C(F)(F)F)C=CC([N+](=O)[O-])=CC2)(C(F)(F)F)C=C1. The van der Waals surface area contributed by atoms with Crippen LogP contribution in [0.1, 0.15) is 12.8 Å². The van der Waals surface area contributed by atoms with Crippen molar-refractivity contribution in [3.05, 3.63) is 68.1 Å². The highest BCUT2D eigenvalue weighted by molar-refractivity contribution is 8.02. The number of alkyl halides is 6. The Morgan fingerprint density at radius 3 is 1.33 bits per heavy atom. The van der Waals surface area contributed by atoms with Crippen molar-refractivity contribution in [2.75, 3.05) is 0 Å². The number of hydrogen-bond acceptors (Lipinski definition) is 5. The van der Waals surface area contributed by atoms with Crippen molar-refractivity contribution in [1.82, 2.24) is 0 Å². The smallest absolute Gasteiger partial charge is 0.258 e. The molecule has 0 aromatic carbocycles. The molecule has 27 heavy (non-hydrogen) atoms. The van der Waals surface area contributed by atoms with E-state index in [1.807, 2.05) is 0 Å². The molecule has 2 aliphatic rings. The molecule has 13 heteroatoms. The molecule has 148 valence electrons. The first-order valence-electron chi connectivity index (χ1n) is 7.14. The minimum absolute atomic E-state index is 0.337. The predicted octanol–water partition coefficient (Wildman–Crippen LogP) is 4.56. The van der Waals surface area contributed by atoms with Crippen molar-refractivity contribution in [1.29, 1.82) is 0 Å². The Morgan fingerprint density at radius 2 is 1.15 bits per heavy atom. The van der Waals surface area contributed by atoms with Crippen LogP contribution in [-0.4, -0.2) is 31.7 Å². The van der Waals surface area contributed by atoms with Gasteiger partial charge in [-0.3, -0.25) is 20.2 Å². The average Bonchev–Trinajstić information content (AvgIpc) is 2.53. The van der Waals surface area contributed by atoms with Gasteiger partial charge in [-0.25, -0.2) is 0 Å².